The lowest BCUT2D eigenvalue weighted by molar-refractivity contribution is 0.1000. The average molecular weight is 314 g/mol. The van der Waals surface area contributed by atoms with Gasteiger partial charge in [-0.15, -0.1) is 0 Å². The summed E-state index contributed by atoms with van der Waals surface area (Å²) in [5.41, 5.74) is 12.5. The number of anilines is 1. The zero-order valence-electron chi connectivity index (χ0n) is 11.0. The predicted molar refractivity (Wildman–Crippen MR) is 78.8 cm³/mol. The van der Waals surface area contributed by atoms with Crippen molar-refractivity contribution in [2.75, 3.05) is 25.0 Å². The van der Waals surface area contributed by atoms with Crippen LogP contribution in [0.5, 0.6) is 0 Å². The molecule has 1 amide bonds. The van der Waals surface area contributed by atoms with Crippen LogP contribution in [-0.2, 0) is 0 Å². The summed E-state index contributed by atoms with van der Waals surface area (Å²) < 4.78 is 0.856. The Balaban J connectivity index is 2.93. The first-order valence-electron chi connectivity index (χ1n) is 5.77. The topological polar surface area (TPSA) is 72.3 Å². The Labute approximate surface area is 116 Å². The molecule has 4 nitrogen and oxygen atoms in total. The van der Waals surface area contributed by atoms with Crippen LogP contribution in [0.2, 0.25) is 0 Å². The summed E-state index contributed by atoms with van der Waals surface area (Å²) in [6, 6.07) is 5.36. The molecule has 1 aromatic rings. The van der Waals surface area contributed by atoms with E-state index in [1.165, 1.54) is 0 Å². The van der Waals surface area contributed by atoms with Gasteiger partial charge in [0.1, 0.15) is 0 Å². The van der Waals surface area contributed by atoms with Crippen LogP contribution in [0.15, 0.2) is 22.7 Å². The zero-order valence-corrected chi connectivity index (χ0v) is 12.6. The Morgan fingerprint density at radius 2 is 2.06 bits per heavy atom. The zero-order chi connectivity index (χ0) is 13.9. The number of carbonyl (C=O) groups excluding carboxylic acids is 1. The van der Waals surface area contributed by atoms with Crippen molar-refractivity contribution in [2.45, 2.75) is 13.8 Å². The molecule has 0 aliphatic rings. The summed E-state index contributed by atoms with van der Waals surface area (Å²) in [5.74, 6) is -0.424. The summed E-state index contributed by atoms with van der Waals surface area (Å²) in [6.07, 6.45) is 0. The predicted octanol–water partition coefficient (Wildman–Crippen LogP) is 1.97. The highest BCUT2D eigenvalue weighted by Gasteiger charge is 2.19. The highest BCUT2D eigenvalue weighted by atomic mass is 79.9. The lowest BCUT2D eigenvalue weighted by Crippen LogP contribution is -2.36. The minimum absolute atomic E-state index is 0.0382. The van der Waals surface area contributed by atoms with Gasteiger partial charge >= 0.3 is 0 Å². The van der Waals surface area contributed by atoms with Crippen LogP contribution in [0.25, 0.3) is 0 Å². The third-order valence-electron chi connectivity index (χ3n) is 2.86. The van der Waals surface area contributed by atoms with E-state index >= 15 is 0 Å². The standard InChI is InChI=1S/C13H20BrN3O/c1-13(2,7-15)8-17(3)11-5-4-9(12(16)18)6-10(11)14/h4-6H,7-8,15H2,1-3H3,(H2,16,18). The van der Waals surface area contributed by atoms with Crippen molar-refractivity contribution in [3.05, 3.63) is 28.2 Å². The van der Waals surface area contributed by atoms with Crippen LogP contribution in [0.3, 0.4) is 0 Å². The van der Waals surface area contributed by atoms with E-state index in [0.29, 0.717) is 12.1 Å². The molecule has 0 bridgehead atoms. The number of amides is 1. The molecule has 100 valence electrons. The molecule has 0 aliphatic carbocycles. The molecule has 0 spiro atoms. The minimum atomic E-state index is -0.424. The third kappa shape index (κ3) is 3.71. The quantitative estimate of drug-likeness (QED) is 0.873. The number of benzene rings is 1. The Bertz CT molecular complexity index is 446. The molecule has 0 saturated heterocycles. The highest BCUT2D eigenvalue weighted by Crippen LogP contribution is 2.28. The lowest BCUT2D eigenvalue weighted by atomic mass is 9.93. The fourth-order valence-electron chi connectivity index (χ4n) is 1.76. The van der Waals surface area contributed by atoms with Crippen molar-refractivity contribution in [3.63, 3.8) is 0 Å². The number of carbonyl (C=O) groups is 1. The van der Waals surface area contributed by atoms with Crippen molar-refractivity contribution in [3.8, 4) is 0 Å². The van der Waals surface area contributed by atoms with Gasteiger partial charge in [0.15, 0.2) is 0 Å². The van der Waals surface area contributed by atoms with Gasteiger partial charge in [-0.3, -0.25) is 4.79 Å². The second-order valence-corrected chi connectivity index (χ2v) is 6.11. The SMILES string of the molecule is CN(CC(C)(C)CN)c1ccc(C(N)=O)cc1Br. The van der Waals surface area contributed by atoms with E-state index in [1.54, 1.807) is 12.1 Å². The normalized spacial score (nSPS) is 11.4. The maximum atomic E-state index is 11.1. The fraction of sp³-hybridized carbons (Fsp3) is 0.462. The van der Waals surface area contributed by atoms with Gasteiger partial charge in [-0.1, -0.05) is 13.8 Å². The second kappa shape index (κ2) is 5.71. The first kappa shape index (κ1) is 15.0. The van der Waals surface area contributed by atoms with E-state index in [9.17, 15) is 4.79 Å². The molecular weight excluding hydrogens is 294 g/mol. The first-order valence-corrected chi connectivity index (χ1v) is 6.57. The summed E-state index contributed by atoms with van der Waals surface area (Å²) in [6.45, 7) is 5.69. The summed E-state index contributed by atoms with van der Waals surface area (Å²) in [5, 5.41) is 0. The molecule has 18 heavy (non-hydrogen) atoms. The van der Waals surface area contributed by atoms with Gasteiger partial charge in [-0.25, -0.2) is 0 Å². The van der Waals surface area contributed by atoms with Gasteiger partial charge in [0.05, 0.1) is 5.69 Å². The van der Waals surface area contributed by atoms with Gasteiger partial charge in [0, 0.05) is 23.6 Å². The van der Waals surface area contributed by atoms with E-state index in [2.05, 4.69) is 34.7 Å². The van der Waals surface area contributed by atoms with Crippen molar-refractivity contribution < 1.29 is 4.79 Å². The Hall–Kier alpha value is -1.07. The van der Waals surface area contributed by atoms with Gasteiger partial charge < -0.3 is 16.4 Å². The van der Waals surface area contributed by atoms with Gasteiger partial charge in [-0.2, -0.15) is 0 Å². The van der Waals surface area contributed by atoms with Gasteiger partial charge in [0.2, 0.25) is 5.91 Å². The molecule has 0 saturated carbocycles. The Morgan fingerprint density at radius 1 is 1.44 bits per heavy atom. The minimum Gasteiger partial charge on any atom is -0.373 e. The van der Waals surface area contributed by atoms with E-state index < -0.39 is 5.91 Å². The molecule has 0 heterocycles. The van der Waals surface area contributed by atoms with Crippen molar-refractivity contribution in [2.24, 2.45) is 16.9 Å². The first-order chi connectivity index (χ1) is 8.26. The number of primary amides is 1. The number of nitrogens with zero attached hydrogens (tertiary/aromatic N) is 1. The van der Waals surface area contributed by atoms with E-state index in [0.717, 1.165) is 16.7 Å². The number of halogens is 1. The molecule has 0 atom stereocenters. The number of hydrogen-bond acceptors (Lipinski definition) is 3. The lowest BCUT2D eigenvalue weighted by Gasteiger charge is -2.31. The van der Waals surface area contributed by atoms with Crippen LogP contribution in [-0.4, -0.2) is 26.0 Å². The molecule has 0 unspecified atom stereocenters. The van der Waals surface area contributed by atoms with E-state index in [-0.39, 0.29) is 5.41 Å². The van der Waals surface area contributed by atoms with Crippen LogP contribution in [0, 0.1) is 5.41 Å². The smallest absolute Gasteiger partial charge is 0.248 e. The number of nitrogens with two attached hydrogens (primary N) is 2. The molecule has 4 N–H and O–H groups in total. The molecule has 0 aliphatic heterocycles. The summed E-state index contributed by atoms with van der Waals surface area (Å²) in [7, 11) is 2.00. The maximum absolute atomic E-state index is 11.1. The molecular formula is C13H20BrN3O. The second-order valence-electron chi connectivity index (χ2n) is 5.25. The molecule has 0 aromatic heterocycles. The van der Waals surface area contributed by atoms with Gasteiger partial charge in [-0.05, 0) is 46.1 Å². The molecule has 0 radical (unpaired) electrons. The van der Waals surface area contributed by atoms with Crippen molar-refractivity contribution in [1.82, 2.24) is 0 Å². The molecule has 1 rings (SSSR count). The maximum Gasteiger partial charge on any atom is 0.248 e. The largest absolute Gasteiger partial charge is 0.373 e. The number of hydrogen-bond donors (Lipinski definition) is 2. The fourth-order valence-corrected chi connectivity index (χ4v) is 2.44. The van der Waals surface area contributed by atoms with Crippen LogP contribution >= 0.6 is 15.9 Å². The van der Waals surface area contributed by atoms with Crippen LogP contribution < -0.4 is 16.4 Å². The molecule has 1 aromatic carbocycles. The van der Waals surface area contributed by atoms with E-state index in [4.69, 9.17) is 11.5 Å². The van der Waals surface area contributed by atoms with E-state index in [1.807, 2.05) is 13.1 Å². The van der Waals surface area contributed by atoms with Crippen molar-refractivity contribution in [1.29, 1.82) is 0 Å². The Kier molecular flexibility index (Phi) is 4.76. The number of rotatable bonds is 5. The summed E-state index contributed by atoms with van der Waals surface area (Å²) >= 11 is 3.46. The molecule has 5 heteroatoms. The highest BCUT2D eigenvalue weighted by molar-refractivity contribution is 9.10. The Morgan fingerprint density at radius 3 is 2.50 bits per heavy atom. The van der Waals surface area contributed by atoms with Gasteiger partial charge in [0.25, 0.3) is 0 Å². The molecule has 0 fully saturated rings. The third-order valence-corrected chi connectivity index (χ3v) is 3.50. The monoisotopic (exact) mass is 313 g/mol. The summed E-state index contributed by atoms with van der Waals surface area (Å²) in [4.78, 5) is 13.2. The van der Waals surface area contributed by atoms with Crippen molar-refractivity contribution >= 4 is 27.5 Å². The van der Waals surface area contributed by atoms with Crippen LogP contribution in [0.4, 0.5) is 5.69 Å². The van der Waals surface area contributed by atoms with Crippen LogP contribution in [0.1, 0.15) is 24.2 Å². The average Bonchev–Trinajstić information content (AvgIpc) is 2.28.